The number of carboxylic acid groups (broad SMARTS) is 1. The highest BCUT2D eigenvalue weighted by Gasteiger charge is 2.35. The molecule has 0 radical (unpaired) electrons. The maximum absolute atomic E-state index is 12.4. The van der Waals surface area contributed by atoms with Gasteiger partial charge in [-0.3, -0.25) is 19.7 Å². The van der Waals surface area contributed by atoms with Crippen molar-refractivity contribution < 1.29 is 19.6 Å². The van der Waals surface area contributed by atoms with E-state index in [0.717, 1.165) is 12.8 Å². The molecule has 1 saturated carbocycles. The van der Waals surface area contributed by atoms with E-state index >= 15 is 0 Å². The Morgan fingerprint density at radius 3 is 2.60 bits per heavy atom. The fraction of sp³-hybridized carbons (Fsp3) is 0.333. The number of hydrogen-bond donors (Lipinski definition) is 1. The Morgan fingerprint density at radius 1 is 1.45 bits per heavy atom. The number of nitrogens with zero attached hydrogens (tertiary/aromatic N) is 2. The molecule has 0 saturated heterocycles. The van der Waals surface area contributed by atoms with Gasteiger partial charge in [0.15, 0.2) is 0 Å². The number of benzene rings is 1. The second-order valence-electron chi connectivity index (χ2n) is 4.45. The number of carbonyl (C=O) groups excluding carboxylic acids is 1. The van der Waals surface area contributed by atoms with Gasteiger partial charge >= 0.3 is 5.97 Å². The molecule has 1 N–H and O–H groups in total. The van der Waals surface area contributed by atoms with E-state index in [-0.39, 0.29) is 21.8 Å². The van der Waals surface area contributed by atoms with Crippen LogP contribution in [0, 0.1) is 10.1 Å². The fourth-order valence-corrected chi connectivity index (χ4v) is 2.46. The highest BCUT2D eigenvalue weighted by Crippen LogP contribution is 2.32. The third-order valence-corrected chi connectivity index (χ3v) is 3.79. The second kappa shape index (κ2) is 5.58. The summed E-state index contributed by atoms with van der Waals surface area (Å²) in [6, 6.07) is 4.03. The highest BCUT2D eigenvalue weighted by molar-refractivity contribution is 9.10. The van der Waals surface area contributed by atoms with Gasteiger partial charge in [0.2, 0.25) is 0 Å². The zero-order chi connectivity index (χ0) is 14.9. The number of aliphatic carboxylic acids is 1. The van der Waals surface area contributed by atoms with Crippen LogP contribution in [0.2, 0.25) is 0 Å². The van der Waals surface area contributed by atoms with Gasteiger partial charge in [-0.15, -0.1) is 0 Å². The molecule has 20 heavy (non-hydrogen) atoms. The van der Waals surface area contributed by atoms with Crippen molar-refractivity contribution in [3.05, 3.63) is 38.3 Å². The molecule has 0 atom stereocenters. The Balaban J connectivity index is 2.34. The van der Waals surface area contributed by atoms with Gasteiger partial charge in [-0.2, -0.15) is 0 Å². The van der Waals surface area contributed by atoms with Crippen LogP contribution in [0.1, 0.15) is 23.2 Å². The lowest BCUT2D eigenvalue weighted by Gasteiger charge is -2.20. The van der Waals surface area contributed by atoms with Gasteiger partial charge in [0, 0.05) is 12.1 Å². The fourth-order valence-electron chi connectivity index (χ4n) is 1.88. The predicted octanol–water partition coefficient (Wildman–Crippen LogP) is 2.05. The first kappa shape index (κ1) is 14.4. The minimum Gasteiger partial charge on any atom is -0.480 e. The van der Waals surface area contributed by atoms with Crippen LogP contribution in [0.4, 0.5) is 5.69 Å². The largest absolute Gasteiger partial charge is 0.480 e. The molecule has 1 aliphatic carbocycles. The van der Waals surface area contributed by atoms with Crippen LogP contribution in [0.5, 0.6) is 0 Å². The maximum atomic E-state index is 12.4. The third-order valence-electron chi connectivity index (χ3n) is 2.96. The Morgan fingerprint density at radius 2 is 2.10 bits per heavy atom. The molecule has 8 heteroatoms. The van der Waals surface area contributed by atoms with E-state index < -0.39 is 23.3 Å². The van der Waals surface area contributed by atoms with Crippen molar-refractivity contribution in [1.82, 2.24) is 4.90 Å². The van der Waals surface area contributed by atoms with Crippen molar-refractivity contribution in [1.29, 1.82) is 0 Å². The van der Waals surface area contributed by atoms with Gasteiger partial charge in [-0.25, -0.2) is 0 Å². The molecule has 0 bridgehead atoms. The number of halogens is 1. The van der Waals surface area contributed by atoms with Crippen molar-refractivity contribution in [3.8, 4) is 0 Å². The SMILES string of the molecule is O=C(O)CN(C(=O)c1cccc([N+](=O)[O-])c1Br)C1CC1. The lowest BCUT2D eigenvalue weighted by Crippen LogP contribution is -2.37. The number of carbonyl (C=O) groups is 2. The van der Waals surface area contributed by atoms with E-state index in [2.05, 4.69) is 15.9 Å². The Hall–Kier alpha value is -1.96. The molecule has 0 spiro atoms. The molecule has 1 fully saturated rings. The summed E-state index contributed by atoms with van der Waals surface area (Å²) in [6.07, 6.45) is 1.51. The summed E-state index contributed by atoms with van der Waals surface area (Å²) in [7, 11) is 0. The average Bonchev–Trinajstić information content (AvgIpc) is 3.19. The maximum Gasteiger partial charge on any atom is 0.323 e. The van der Waals surface area contributed by atoms with Crippen molar-refractivity contribution in [2.45, 2.75) is 18.9 Å². The van der Waals surface area contributed by atoms with Gasteiger partial charge in [0.1, 0.15) is 11.0 Å². The van der Waals surface area contributed by atoms with Crippen LogP contribution < -0.4 is 0 Å². The van der Waals surface area contributed by atoms with Gasteiger partial charge < -0.3 is 10.0 Å². The molecule has 106 valence electrons. The molecule has 7 nitrogen and oxygen atoms in total. The molecule has 0 aromatic heterocycles. The summed E-state index contributed by atoms with van der Waals surface area (Å²) in [6.45, 7) is -0.404. The molecule has 1 amide bonds. The van der Waals surface area contributed by atoms with Crippen molar-refractivity contribution in [2.24, 2.45) is 0 Å². The van der Waals surface area contributed by atoms with E-state index in [0.29, 0.717) is 0 Å². The summed E-state index contributed by atoms with van der Waals surface area (Å²) in [5, 5.41) is 19.7. The van der Waals surface area contributed by atoms with Gasteiger partial charge in [-0.05, 0) is 34.8 Å². The number of rotatable bonds is 5. The van der Waals surface area contributed by atoms with E-state index in [4.69, 9.17) is 5.11 Å². The zero-order valence-corrected chi connectivity index (χ0v) is 11.9. The van der Waals surface area contributed by atoms with Gasteiger partial charge in [0.25, 0.3) is 11.6 Å². The highest BCUT2D eigenvalue weighted by atomic mass is 79.9. The number of nitro benzene ring substituents is 1. The third kappa shape index (κ3) is 2.96. The molecule has 0 aliphatic heterocycles. The van der Waals surface area contributed by atoms with Crippen molar-refractivity contribution >= 4 is 33.5 Å². The molecule has 0 heterocycles. The Kier molecular flexibility index (Phi) is 4.03. The van der Waals surface area contributed by atoms with Crippen LogP contribution in [-0.4, -0.2) is 39.4 Å². The van der Waals surface area contributed by atoms with E-state index in [1.807, 2.05) is 0 Å². The first-order valence-electron chi connectivity index (χ1n) is 5.87. The number of amides is 1. The summed E-state index contributed by atoms with van der Waals surface area (Å²) >= 11 is 3.05. The van der Waals surface area contributed by atoms with Gasteiger partial charge in [0.05, 0.1) is 10.5 Å². The summed E-state index contributed by atoms with van der Waals surface area (Å²) < 4.78 is 0.0750. The normalized spacial score (nSPS) is 13.8. The first-order valence-corrected chi connectivity index (χ1v) is 6.66. The summed E-state index contributed by atoms with van der Waals surface area (Å²) in [5.74, 6) is -1.61. The smallest absolute Gasteiger partial charge is 0.323 e. The van der Waals surface area contributed by atoms with Crippen molar-refractivity contribution in [3.63, 3.8) is 0 Å². The molecular formula is C12H11BrN2O5. The minimum absolute atomic E-state index is 0.0750. The van der Waals surface area contributed by atoms with Crippen LogP contribution in [-0.2, 0) is 4.79 Å². The molecule has 0 unspecified atom stereocenters. The van der Waals surface area contributed by atoms with E-state index in [1.165, 1.54) is 23.1 Å². The first-order chi connectivity index (χ1) is 9.41. The number of nitro groups is 1. The van der Waals surface area contributed by atoms with Gasteiger partial charge in [-0.1, -0.05) is 6.07 Å². The van der Waals surface area contributed by atoms with Crippen LogP contribution >= 0.6 is 15.9 Å². The average molecular weight is 343 g/mol. The lowest BCUT2D eigenvalue weighted by molar-refractivity contribution is -0.385. The quantitative estimate of drug-likeness (QED) is 0.651. The molecular weight excluding hydrogens is 332 g/mol. The lowest BCUT2D eigenvalue weighted by atomic mass is 10.1. The summed E-state index contributed by atoms with van der Waals surface area (Å²) in [4.78, 5) is 34.7. The number of hydrogen-bond acceptors (Lipinski definition) is 4. The van der Waals surface area contributed by atoms with Crippen LogP contribution in [0.3, 0.4) is 0 Å². The molecule has 2 rings (SSSR count). The predicted molar refractivity (Wildman–Crippen MR) is 72.5 cm³/mol. The van der Waals surface area contributed by atoms with Crippen LogP contribution in [0.25, 0.3) is 0 Å². The van der Waals surface area contributed by atoms with E-state index in [9.17, 15) is 19.7 Å². The van der Waals surface area contributed by atoms with Crippen LogP contribution in [0.15, 0.2) is 22.7 Å². The minimum atomic E-state index is -1.10. The molecule has 1 aliphatic rings. The second-order valence-corrected chi connectivity index (χ2v) is 5.25. The zero-order valence-electron chi connectivity index (χ0n) is 10.3. The topological polar surface area (TPSA) is 101 Å². The monoisotopic (exact) mass is 342 g/mol. The Bertz CT molecular complexity index is 585. The Labute approximate surface area is 122 Å². The molecule has 1 aromatic rings. The number of carboxylic acids is 1. The summed E-state index contributed by atoms with van der Waals surface area (Å²) in [5.41, 5.74) is -0.116. The standard InChI is InChI=1S/C12H11BrN2O5/c13-11-8(2-1-3-9(11)15(19)20)12(18)14(6-10(16)17)7-4-5-7/h1-3,7H,4-6H2,(H,16,17). The van der Waals surface area contributed by atoms with E-state index in [1.54, 1.807) is 0 Å². The van der Waals surface area contributed by atoms with Crippen molar-refractivity contribution in [2.75, 3.05) is 6.54 Å². The molecule has 1 aromatic carbocycles.